The molecule has 1 fully saturated rings. The maximum absolute atomic E-state index is 13.2. The van der Waals surface area contributed by atoms with Gasteiger partial charge in [0.25, 0.3) is 0 Å². The van der Waals surface area contributed by atoms with Crippen LogP contribution in [0.5, 0.6) is 5.75 Å². The summed E-state index contributed by atoms with van der Waals surface area (Å²) in [6.45, 7) is 12.2. The van der Waals surface area contributed by atoms with E-state index < -0.39 is 10.0 Å². The van der Waals surface area contributed by atoms with Crippen molar-refractivity contribution in [2.45, 2.75) is 64.3 Å². The maximum Gasteiger partial charge on any atom is 0.241 e. The van der Waals surface area contributed by atoms with Crippen LogP contribution in [0, 0.1) is 12.8 Å². The molecule has 0 amide bonds. The van der Waals surface area contributed by atoms with Gasteiger partial charge in [0.05, 0.1) is 12.0 Å². The van der Waals surface area contributed by atoms with Crippen molar-refractivity contribution in [1.82, 2.24) is 4.72 Å². The van der Waals surface area contributed by atoms with Gasteiger partial charge in [-0.3, -0.25) is 0 Å². The number of hydrogen-bond acceptors (Lipinski definition) is 4. The van der Waals surface area contributed by atoms with E-state index in [1.54, 1.807) is 20.1 Å². The van der Waals surface area contributed by atoms with E-state index in [2.05, 4.69) is 28.7 Å². The lowest BCUT2D eigenvalue weighted by atomic mass is 9.98. The van der Waals surface area contributed by atoms with Crippen LogP contribution in [0.25, 0.3) is 0 Å². The highest BCUT2D eigenvalue weighted by Gasteiger charge is 2.23. The van der Waals surface area contributed by atoms with Gasteiger partial charge in [0.15, 0.2) is 0 Å². The molecule has 0 saturated carbocycles. The second-order valence-electron chi connectivity index (χ2n) is 9.12. The molecule has 2 aromatic carbocycles. The molecule has 5 nitrogen and oxygen atoms in total. The lowest BCUT2D eigenvalue weighted by Gasteiger charge is -2.32. The molecule has 0 aromatic heterocycles. The molecular weight excluding hydrogens is 408 g/mol. The number of methoxy groups -OCH3 is 1. The first-order valence-electron chi connectivity index (χ1n) is 11.2. The molecule has 3 rings (SSSR count). The van der Waals surface area contributed by atoms with Crippen LogP contribution in [0.15, 0.2) is 41.3 Å². The van der Waals surface area contributed by atoms with E-state index >= 15 is 0 Å². The normalized spacial score (nSPS) is 16.5. The van der Waals surface area contributed by atoms with E-state index in [4.69, 9.17) is 4.74 Å². The lowest BCUT2D eigenvalue weighted by Crippen LogP contribution is -2.32. The summed E-state index contributed by atoms with van der Waals surface area (Å²) in [6, 6.07) is 11.5. The molecule has 0 radical (unpaired) electrons. The molecule has 6 heteroatoms. The van der Waals surface area contributed by atoms with Gasteiger partial charge in [0.1, 0.15) is 5.75 Å². The first-order valence-corrected chi connectivity index (χ1v) is 12.7. The van der Waals surface area contributed by atoms with Crippen molar-refractivity contribution >= 4 is 15.7 Å². The third kappa shape index (κ3) is 5.42. The van der Waals surface area contributed by atoms with Crippen LogP contribution in [-0.4, -0.2) is 28.6 Å². The number of rotatable bonds is 7. The van der Waals surface area contributed by atoms with Crippen molar-refractivity contribution in [3.8, 4) is 5.75 Å². The summed E-state index contributed by atoms with van der Waals surface area (Å²) in [4.78, 5) is 2.72. The van der Waals surface area contributed by atoms with Crippen LogP contribution in [0.1, 0.15) is 69.2 Å². The Kier molecular flexibility index (Phi) is 7.32. The van der Waals surface area contributed by atoms with Gasteiger partial charge >= 0.3 is 0 Å². The summed E-state index contributed by atoms with van der Waals surface area (Å²) >= 11 is 0. The average Bonchev–Trinajstić information content (AvgIpc) is 2.73. The van der Waals surface area contributed by atoms with Crippen LogP contribution < -0.4 is 14.4 Å². The molecule has 0 bridgehead atoms. The second-order valence-corrected chi connectivity index (χ2v) is 10.8. The van der Waals surface area contributed by atoms with E-state index in [1.165, 1.54) is 18.5 Å². The Morgan fingerprint density at radius 3 is 2.23 bits per heavy atom. The van der Waals surface area contributed by atoms with E-state index in [0.29, 0.717) is 10.5 Å². The number of nitrogens with zero attached hydrogens (tertiary/aromatic N) is 1. The number of benzene rings is 2. The molecule has 1 saturated heterocycles. The van der Waals surface area contributed by atoms with E-state index in [0.717, 1.165) is 35.9 Å². The highest BCUT2D eigenvalue weighted by Crippen LogP contribution is 2.32. The predicted octanol–water partition coefficient (Wildman–Crippen LogP) is 5.40. The number of anilines is 1. The predicted molar refractivity (Wildman–Crippen MR) is 128 cm³/mol. The molecule has 31 heavy (non-hydrogen) atoms. The molecule has 1 atom stereocenters. The number of nitrogens with one attached hydrogen (secondary N) is 1. The lowest BCUT2D eigenvalue weighted by molar-refractivity contribution is 0.406. The SMILES string of the molecule is COc1cc(C)c(S(=O)(=O)NC(C)c2ccc(N3CCC(C)CC3)cc2)cc1C(C)C. The molecule has 1 aliphatic rings. The topological polar surface area (TPSA) is 58.6 Å². The number of hydrogen-bond donors (Lipinski definition) is 1. The molecule has 1 heterocycles. The minimum atomic E-state index is -3.67. The van der Waals surface area contributed by atoms with Gasteiger partial charge in [-0.2, -0.15) is 0 Å². The Morgan fingerprint density at radius 2 is 1.68 bits per heavy atom. The molecule has 170 valence electrons. The zero-order chi connectivity index (χ0) is 22.8. The molecular formula is C25H36N2O3S. The van der Waals surface area contributed by atoms with Crippen molar-refractivity contribution in [3.63, 3.8) is 0 Å². The fraction of sp³-hybridized carbons (Fsp3) is 0.520. The van der Waals surface area contributed by atoms with Crippen LogP contribution >= 0.6 is 0 Å². The minimum Gasteiger partial charge on any atom is -0.496 e. The standard InChI is InChI=1S/C25H36N2O3S/c1-17(2)23-16-25(19(4)15-24(23)30-6)31(28,29)26-20(5)21-7-9-22(10-8-21)27-13-11-18(3)12-14-27/h7-10,15-18,20,26H,11-14H2,1-6H3. The summed E-state index contributed by atoms with van der Waals surface area (Å²) in [6.07, 6.45) is 2.44. The van der Waals surface area contributed by atoms with Crippen molar-refractivity contribution in [3.05, 3.63) is 53.1 Å². The monoisotopic (exact) mass is 444 g/mol. The van der Waals surface area contributed by atoms with Crippen molar-refractivity contribution < 1.29 is 13.2 Å². The fourth-order valence-corrected chi connectivity index (χ4v) is 5.69. The van der Waals surface area contributed by atoms with Gasteiger partial charge in [-0.15, -0.1) is 0 Å². The second kappa shape index (κ2) is 9.61. The number of ether oxygens (including phenoxy) is 1. The number of piperidine rings is 1. The maximum atomic E-state index is 13.2. The number of sulfonamides is 1. The smallest absolute Gasteiger partial charge is 0.241 e. The quantitative estimate of drug-likeness (QED) is 0.621. The van der Waals surface area contributed by atoms with Crippen LogP contribution in [0.4, 0.5) is 5.69 Å². The molecule has 1 aliphatic heterocycles. The van der Waals surface area contributed by atoms with Gasteiger partial charge in [-0.25, -0.2) is 13.1 Å². The Labute approximate surface area is 187 Å². The zero-order valence-electron chi connectivity index (χ0n) is 19.6. The van der Waals surface area contributed by atoms with E-state index in [1.807, 2.05) is 39.0 Å². The van der Waals surface area contributed by atoms with Gasteiger partial charge in [0.2, 0.25) is 10.0 Å². The number of aryl methyl sites for hydroxylation is 1. The average molecular weight is 445 g/mol. The Hall–Kier alpha value is -2.05. The molecule has 1 unspecified atom stereocenters. The van der Waals surface area contributed by atoms with Gasteiger partial charge in [0, 0.05) is 24.8 Å². The zero-order valence-corrected chi connectivity index (χ0v) is 20.4. The first kappa shape index (κ1) is 23.6. The van der Waals surface area contributed by atoms with E-state index in [-0.39, 0.29) is 12.0 Å². The van der Waals surface area contributed by atoms with Crippen LogP contribution in [0.3, 0.4) is 0 Å². The van der Waals surface area contributed by atoms with Crippen molar-refractivity contribution in [2.75, 3.05) is 25.1 Å². The first-order chi connectivity index (χ1) is 14.6. The molecule has 0 spiro atoms. The summed E-state index contributed by atoms with van der Waals surface area (Å²) in [7, 11) is -2.06. The van der Waals surface area contributed by atoms with Gasteiger partial charge < -0.3 is 9.64 Å². The van der Waals surface area contributed by atoms with Crippen LogP contribution in [0.2, 0.25) is 0 Å². The minimum absolute atomic E-state index is 0.159. The summed E-state index contributed by atoms with van der Waals surface area (Å²) in [5, 5.41) is 0. The van der Waals surface area contributed by atoms with Gasteiger partial charge in [-0.05, 0) is 79.5 Å². The molecule has 1 N–H and O–H groups in total. The fourth-order valence-electron chi connectivity index (χ4n) is 4.20. The highest BCUT2D eigenvalue weighted by molar-refractivity contribution is 7.89. The third-order valence-electron chi connectivity index (χ3n) is 6.31. The Bertz CT molecular complexity index is 992. The molecule has 0 aliphatic carbocycles. The Balaban J connectivity index is 1.78. The van der Waals surface area contributed by atoms with Gasteiger partial charge in [-0.1, -0.05) is 32.9 Å². The van der Waals surface area contributed by atoms with Crippen LogP contribution in [-0.2, 0) is 10.0 Å². The largest absolute Gasteiger partial charge is 0.496 e. The van der Waals surface area contributed by atoms with E-state index in [9.17, 15) is 8.42 Å². The molecule has 2 aromatic rings. The Morgan fingerprint density at radius 1 is 1.06 bits per heavy atom. The summed E-state index contributed by atoms with van der Waals surface area (Å²) in [5.41, 5.74) is 3.73. The van der Waals surface area contributed by atoms with Crippen molar-refractivity contribution in [1.29, 1.82) is 0 Å². The summed E-state index contributed by atoms with van der Waals surface area (Å²) < 4.78 is 34.7. The van der Waals surface area contributed by atoms with Crippen molar-refractivity contribution in [2.24, 2.45) is 5.92 Å². The highest BCUT2D eigenvalue weighted by atomic mass is 32.2. The summed E-state index contributed by atoms with van der Waals surface area (Å²) in [5.74, 6) is 1.68. The third-order valence-corrected chi connectivity index (χ3v) is 8.00.